The highest BCUT2D eigenvalue weighted by atomic mass is 35.5. The molecule has 2 rings (SSSR count). The zero-order valence-electron chi connectivity index (χ0n) is 24.0. The molecule has 0 spiro atoms. The first kappa shape index (κ1) is 37.2. The van der Waals surface area contributed by atoms with Crippen LogP contribution in [0.4, 0.5) is 0 Å². The monoisotopic (exact) mass is 650 g/mol. The molecule has 0 bridgehead atoms. The number of hydrogen-bond donors (Lipinski definition) is 5. The van der Waals surface area contributed by atoms with Crippen molar-refractivity contribution < 1.29 is 49.3 Å². The van der Waals surface area contributed by atoms with Gasteiger partial charge in [0, 0.05) is 6.42 Å². The Morgan fingerprint density at radius 1 is 0.780 bits per heavy atom. The van der Waals surface area contributed by atoms with Gasteiger partial charge in [-0.3, -0.25) is 9.53 Å². The number of alkyl halides is 3. The largest absolute Gasteiger partial charge is 0.405 e. The van der Waals surface area contributed by atoms with E-state index in [1.54, 1.807) is 0 Å². The molecule has 0 amide bonds. The van der Waals surface area contributed by atoms with Gasteiger partial charge >= 0.3 is 11.9 Å². The molecule has 0 aromatic rings. The number of esters is 1. The van der Waals surface area contributed by atoms with Crippen LogP contribution in [-0.4, -0.2) is 104 Å². The van der Waals surface area contributed by atoms with E-state index in [0.29, 0.717) is 6.42 Å². The lowest BCUT2D eigenvalue weighted by Gasteiger charge is -2.49. The van der Waals surface area contributed by atoms with Crippen LogP contribution in [0.25, 0.3) is 0 Å². The molecular weight excluding hydrogens is 603 g/mol. The maximum absolute atomic E-state index is 12.9. The summed E-state index contributed by atoms with van der Waals surface area (Å²) in [5.74, 6) is -6.66. The third kappa shape index (κ3) is 10.3. The van der Waals surface area contributed by atoms with E-state index in [4.69, 9.17) is 53.8 Å². The van der Waals surface area contributed by atoms with Gasteiger partial charge in [-0.2, -0.15) is 0 Å². The quantitative estimate of drug-likeness (QED) is 0.0570. The van der Waals surface area contributed by atoms with Crippen molar-refractivity contribution in [3.05, 3.63) is 0 Å². The molecule has 5 N–H and O–H groups in total. The molecule has 242 valence electrons. The molecular formula is C28H49Cl3O10. The lowest BCUT2D eigenvalue weighted by molar-refractivity contribution is -0.483. The smallest absolute Gasteiger partial charge is 0.362 e. The van der Waals surface area contributed by atoms with Crippen LogP contribution in [0, 0.1) is 0 Å². The van der Waals surface area contributed by atoms with E-state index in [1.807, 2.05) is 0 Å². The number of carbonyl (C=O) groups excluding carboxylic acids is 1. The summed E-state index contributed by atoms with van der Waals surface area (Å²) in [7, 11) is 0. The summed E-state index contributed by atoms with van der Waals surface area (Å²) in [5.41, 5.74) is 0. The van der Waals surface area contributed by atoms with Gasteiger partial charge in [-0.15, -0.1) is 34.8 Å². The summed E-state index contributed by atoms with van der Waals surface area (Å²) >= 11 is 18.0. The van der Waals surface area contributed by atoms with E-state index in [2.05, 4.69) is 6.92 Å². The zero-order valence-corrected chi connectivity index (χ0v) is 26.2. The van der Waals surface area contributed by atoms with Crippen molar-refractivity contribution in [1.29, 1.82) is 0 Å². The predicted octanol–water partition coefficient (Wildman–Crippen LogP) is 3.70. The van der Waals surface area contributed by atoms with Crippen LogP contribution >= 0.6 is 34.8 Å². The first-order chi connectivity index (χ1) is 19.6. The second-order valence-electron chi connectivity index (χ2n) is 11.1. The summed E-state index contributed by atoms with van der Waals surface area (Å²) in [6.45, 7) is 1.50. The van der Waals surface area contributed by atoms with Crippen LogP contribution in [0.1, 0.15) is 96.8 Å². The number of hydrogen-bond acceptors (Lipinski definition) is 10. The second kappa shape index (κ2) is 18.7. The van der Waals surface area contributed by atoms with Crippen LogP contribution in [0.15, 0.2) is 0 Å². The van der Waals surface area contributed by atoms with Crippen molar-refractivity contribution in [2.24, 2.45) is 0 Å². The van der Waals surface area contributed by atoms with Crippen LogP contribution in [0.2, 0.25) is 0 Å². The van der Waals surface area contributed by atoms with Crippen LogP contribution in [-0.2, 0) is 23.7 Å². The molecule has 2 saturated heterocycles. The Morgan fingerprint density at radius 2 is 1.32 bits per heavy atom. The molecule has 0 aromatic heterocycles. The Hall–Kier alpha value is 0.0200. The number of aliphatic hydroxyl groups excluding tert-OH is 5. The van der Waals surface area contributed by atoms with Crippen molar-refractivity contribution >= 4 is 40.8 Å². The molecule has 10 nitrogen and oxygen atoms in total. The fourth-order valence-electron chi connectivity index (χ4n) is 5.22. The maximum atomic E-state index is 12.9. The minimum Gasteiger partial charge on any atom is -0.405 e. The summed E-state index contributed by atoms with van der Waals surface area (Å²) in [4.78, 5) is 12.9. The minimum atomic E-state index is -2.76. The number of aliphatic hydroxyl groups is 5. The Kier molecular flexibility index (Phi) is 17.0. The van der Waals surface area contributed by atoms with Crippen molar-refractivity contribution in [3.8, 4) is 0 Å². The molecule has 9 atom stereocenters. The van der Waals surface area contributed by atoms with Gasteiger partial charge in [0.05, 0.1) is 23.7 Å². The molecule has 0 saturated carbocycles. The Morgan fingerprint density at radius 3 is 1.78 bits per heavy atom. The highest BCUT2D eigenvalue weighted by Gasteiger charge is 2.65. The summed E-state index contributed by atoms with van der Waals surface area (Å²) < 4.78 is 22.5. The van der Waals surface area contributed by atoms with Gasteiger partial charge in [-0.05, 0) is 6.42 Å². The van der Waals surface area contributed by atoms with E-state index in [9.17, 15) is 30.3 Å². The average Bonchev–Trinajstić information content (AvgIpc) is 3.21. The van der Waals surface area contributed by atoms with Crippen LogP contribution < -0.4 is 0 Å². The standard InChI is InChI=1S/C28H49Cl3O10/c1-2-3-4-5-6-7-8-9-10-11-12-13-14-15-21(33)40-28(26(37)24(35)22(31)20(17-32)39-28)41-27(18-30)25(36)23(34)19(16-29)38-27/h19-20,22-26,32,34-37H,2-18H2,1H3/t19-,20-,22+,23-,24+,25+,26-,27+,28+/m1/s1. The molecule has 0 unspecified atom stereocenters. The summed E-state index contributed by atoms with van der Waals surface area (Å²) in [5, 5.41) is 51.0. The van der Waals surface area contributed by atoms with Crippen molar-refractivity contribution in [2.45, 2.75) is 151 Å². The molecule has 2 heterocycles. The number of rotatable bonds is 20. The molecule has 0 aromatic carbocycles. The topological polar surface area (TPSA) is 155 Å². The van der Waals surface area contributed by atoms with Gasteiger partial charge in [0.2, 0.25) is 5.79 Å². The lowest BCUT2D eigenvalue weighted by Crippen LogP contribution is -2.69. The van der Waals surface area contributed by atoms with Gasteiger partial charge in [0.25, 0.3) is 0 Å². The molecule has 0 radical (unpaired) electrons. The maximum Gasteiger partial charge on any atom is 0.362 e. The van der Waals surface area contributed by atoms with Crippen LogP contribution in [0.3, 0.4) is 0 Å². The molecule has 0 aliphatic carbocycles. The lowest BCUT2D eigenvalue weighted by atomic mass is 9.99. The van der Waals surface area contributed by atoms with Gasteiger partial charge in [0.1, 0.15) is 30.5 Å². The predicted molar refractivity (Wildman–Crippen MR) is 155 cm³/mol. The minimum absolute atomic E-state index is 0.0483. The zero-order chi connectivity index (χ0) is 30.5. The van der Waals surface area contributed by atoms with Crippen molar-refractivity contribution in [2.75, 3.05) is 18.4 Å². The van der Waals surface area contributed by atoms with E-state index < -0.39 is 72.2 Å². The number of ether oxygens (including phenoxy) is 4. The first-order valence-corrected chi connectivity index (χ1v) is 16.5. The van der Waals surface area contributed by atoms with Crippen molar-refractivity contribution in [3.63, 3.8) is 0 Å². The fraction of sp³-hybridized carbons (Fsp3) is 0.964. The second-order valence-corrected chi connectivity index (χ2v) is 12.2. The Labute approximate surface area is 258 Å². The number of unbranched alkanes of at least 4 members (excludes halogenated alkanes) is 12. The normalized spacial score (nSPS) is 35.6. The summed E-state index contributed by atoms with van der Waals surface area (Å²) in [6.07, 6.45) is 5.07. The highest BCUT2D eigenvalue weighted by Crippen LogP contribution is 2.43. The Balaban J connectivity index is 1.93. The number of halogens is 3. The SMILES string of the molecule is CCCCCCCCCCCCCCCC(=O)O[C@@]1(O[C@]2(CCl)O[C@H](CCl)[C@@H](O)[C@@H]2O)O[C@H](CO)[C@H](Cl)[C@H](O)[C@H]1O. The highest BCUT2D eigenvalue weighted by molar-refractivity contribution is 6.21. The molecule has 2 fully saturated rings. The van der Waals surface area contributed by atoms with E-state index >= 15 is 0 Å². The van der Waals surface area contributed by atoms with Crippen molar-refractivity contribution in [1.82, 2.24) is 0 Å². The molecule has 2 aliphatic heterocycles. The third-order valence-electron chi connectivity index (χ3n) is 7.76. The average molecular weight is 652 g/mol. The fourth-order valence-corrected chi connectivity index (χ4v) is 6.01. The first-order valence-electron chi connectivity index (χ1n) is 15.0. The molecule has 41 heavy (non-hydrogen) atoms. The van der Waals surface area contributed by atoms with Gasteiger partial charge < -0.3 is 39.7 Å². The van der Waals surface area contributed by atoms with Crippen LogP contribution in [0.5, 0.6) is 0 Å². The number of carbonyl (C=O) groups is 1. The van der Waals surface area contributed by atoms with Gasteiger partial charge in [-0.1, -0.05) is 84.0 Å². The van der Waals surface area contributed by atoms with Gasteiger partial charge in [-0.25, -0.2) is 0 Å². The third-order valence-corrected chi connectivity index (χ3v) is 8.98. The van der Waals surface area contributed by atoms with Gasteiger partial charge in [0.15, 0.2) is 6.10 Å². The van der Waals surface area contributed by atoms with E-state index in [0.717, 1.165) is 25.7 Å². The molecule has 13 heteroatoms. The summed E-state index contributed by atoms with van der Waals surface area (Å²) in [6, 6.07) is 0. The Bertz CT molecular complexity index is 750. The molecule has 2 aliphatic rings. The van der Waals surface area contributed by atoms with E-state index in [1.165, 1.54) is 51.4 Å². The van der Waals surface area contributed by atoms with E-state index in [-0.39, 0.29) is 12.3 Å².